The van der Waals surface area contributed by atoms with Crippen LogP contribution >= 0.6 is 12.4 Å². The molecule has 0 aromatic carbocycles. The highest BCUT2D eigenvalue weighted by molar-refractivity contribution is 5.92. The third kappa shape index (κ3) is 11.9. The highest BCUT2D eigenvalue weighted by Crippen LogP contribution is 2.24. The Morgan fingerprint density at radius 1 is 0.854 bits per heavy atom. The number of hydrogen-bond donors (Lipinski definition) is 6. The SMILES string of the molecule is CCCCCC(CC)C(=O)Nc1ccc(Nc2nc(N3CCCCC3)nc(N3CCCCC3)n2)nc1.Cl.N.N.N.N.[HH].[HH].[HH].[HH]. The summed E-state index contributed by atoms with van der Waals surface area (Å²) in [6, 6.07) is 3.74. The number of aromatic nitrogens is 4. The van der Waals surface area contributed by atoms with Crippen LogP contribution in [0.2, 0.25) is 0 Å². The maximum Gasteiger partial charge on any atom is 0.235 e. The molecule has 0 saturated carbocycles. The van der Waals surface area contributed by atoms with Crippen molar-refractivity contribution in [2.24, 2.45) is 5.92 Å². The standard InChI is InChI=1S/C27H42N8O.ClH.4H3N.4H2/c1-3-5-8-13-21(4-2)24(36)29-22-14-15-23(28-20-22)30-25-31-26(34-16-9-6-10-17-34)33-27(32-25)35-18-11-7-12-19-35;;;;;;;;;/h14-15,20-21H,3-13,16-19H2,1-2H3,(H,29,36)(H,28,30,31,32,33);1H;4*1H3;4*1H. The third-order valence-corrected chi connectivity index (χ3v) is 7.18. The Morgan fingerprint density at radius 2 is 1.41 bits per heavy atom. The quantitative estimate of drug-likeness (QED) is 0.135. The normalized spacial score (nSPS) is 15.0. The lowest BCUT2D eigenvalue weighted by atomic mass is 9.97. The van der Waals surface area contributed by atoms with Gasteiger partial charge in [-0.2, -0.15) is 15.0 Å². The lowest BCUT2D eigenvalue weighted by Gasteiger charge is -2.30. The van der Waals surface area contributed by atoms with Crippen molar-refractivity contribution in [3.8, 4) is 0 Å². The van der Waals surface area contributed by atoms with Crippen molar-refractivity contribution in [1.82, 2.24) is 44.5 Å². The second-order valence-corrected chi connectivity index (χ2v) is 10.0. The van der Waals surface area contributed by atoms with Gasteiger partial charge in [-0.1, -0.05) is 33.1 Å². The zero-order valence-corrected chi connectivity index (χ0v) is 26.1. The molecule has 1 amide bonds. The highest BCUT2D eigenvalue weighted by atomic mass is 35.5. The molecule has 2 aliphatic rings. The van der Waals surface area contributed by atoms with Crippen LogP contribution in [0.25, 0.3) is 0 Å². The van der Waals surface area contributed by atoms with Crippen molar-refractivity contribution in [3.63, 3.8) is 0 Å². The van der Waals surface area contributed by atoms with Gasteiger partial charge in [0.25, 0.3) is 0 Å². The number of carbonyl (C=O) groups is 1. The van der Waals surface area contributed by atoms with Crippen LogP contribution in [0.3, 0.4) is 0 Å². The van der Waals surface area contributed by atoms with Crippen molar-refractivity contribution >= 4 is 47.7 Å². The predicted octanol–water partition coefficient (Wildman–Crippen LogP) is 7.59. The fourth-order valence-electron chi connectivity index (χ4n) is 4.94. The number of anilines is 5. The number of nitrogens with one attached hydrogen (secondary N) is 2. The maximum absolute atomic E-state index is 12.7. The Bertz CT molecular complexity index is 952. The van der Waals surface area contributed by atoms with Crippen molar-refractivity contribution < 1.29 is 10.5 Å². The summed E-state index contributed by atoms with van der Waals surface area (Å²) in [6.07, 6.45) is 14.1. The van der Waals surface area contributed by atoms with Gasteiger partial charge in [0.15, 0.2) is 0 Å². The fraction of sp³-hybridized carbons (Fsp3) is 0.667. The van der Waals surface area contributed by atoms with Crippen LogP contribution in [0.1, 0.15) is 90.2 Å². The Kier molecular flexibility index (Phi) is 20.6. The molecular weight excluding hydrogens is 544 g/mol. The van der Waals surface area contributed by atoms with Crippen LogP contribution in [0.5, 0.6) is 0 Å². The average molecular weight is 607 g/mol. The molecule has 4 rings (SSSR count). The first-order chi connectivity index (χ1) is 17.7. The molecule has 0 spiro atoms. The van der Waals surface area contributed by atoms with Gasteiger partial charge >= 0.3 is 0 Å². The van der Waals surface area contributed by atoms with Gasteiger partial charge in [0.2, 0.25) is 23.8 Å². The number of halogens is 1. The lowest BCUT2D eigenvalue weighted by molar-refractivity contribution is -0.120. The van der Waals surface area contributed by atoms with Gasteiger partial charge < -0.3 is 45.0 Å². The average Bonchev–Trinajstić information content (AvgIpc) is 2.93. The number of piperidine rings is 2. The van der Waals surface area contributed by atoms with E-state index < -0.39 is 0 Å². The minimum atomic E-state index is 0. The number of rotatable bonds is 11. The second-order valence-electron chi connectivity index (χ2n) is 10.0. The third-order valence-electron chi connectivity index (χ3n) is 7.18. The summed E-state index contributed by atoms with van der Waals surface area (Å²) < 4.78 is 0. The van der Waals surface area contributed by atoms with E-state index >= 15 is 0 Å². The molecule has 2 aromatic rings. The Labute approximate surface area is 258 Å². The van der Waals surface area contributed by atoms with Crippen LogP contribution in [-0.2, 0) is 4.79 Å². The van der Waals surface area contributed by atoms with Gasteiger partial charge in [0.05, 0.1) is 11.9 Å². The summed E-state index contributed by atoms with van der Waals surface area (Å²) in [4.78, 5) is 36.1. The zero-order valence-electron chi connectivity index (χ0n) is 25.2. The maximum atomic E-state index is 12.7. The number of pyridine rings is 1. The molecular formula is C27H63ClN12O. The molecule has 4 heterocycles. The molecule has 41 heavy (non-hydrogen) atoms. The summed E-state index contributed by atoms with van der Waals surface area (Å²) in [5, 5.41) is 6.30. The minimum Gasteiger partial charge on any atom is -0.344 e. The summed E-state index contributed by atoms with van der Waals surface area (Å²) in [6.45, 7) is 8.17. The van der Waals surface area contributed by atoms with Crippen molar-refractivity contribution in [2.75, 3.05) is 46.6 Å². The van der Waals surface area contributed by atoms with Crippen LogP contribution in [0.15, 0.2) is 18.3 Å². The molecule has 0 radical (unpaired) electrons. The topological polar surface area (TPSA) is 239 Å². The first kappa shape index (κ1) is 40.3. The van der Waals surface area contributed by atoms with Gasteiger partial charge in [0, 0.05) is 37.8 Å². The van der Waals surface area contributed by atoms with Crippen molar-refractivity contribution in [2.45, 2.75) is 84.5 Å². The molecule has 1 unspecified atom stereocenters. The molecule has 244 valence electrons. The number of amides is 1. The Hall–Kier alpha value is -2.84. The van der Waals surface area contributed by atoms with E-state index in [1.165, 1.54) is 44.9 Å². The minimum absolute atomic E-state index is 0. The second kappa shape index (κ2) is 20.9. The van der Waals surface area contributed by atoms with E-state index in [9.17, 15) is 4.79 Å². The van der Waals surface area contributed by atoms with Crippen LogP contribution in [-0.4, -0.2) is 52.0 Å². The first-order valence-corrected chi connectivity index (χ1v) is 14.0. The molecule has 0 aliphatic carbocycles. The van der Waals surface area contributed by atoms with Crippen molar-refractivity contribution in [3.05, 3.63) is 18.3 Å². The van der Waals surface area contributed by atoms with Crippen LogP contribution < -0.4 is 45.0 Å². The largest absolute Gasteiger partial charge is 0.344 e. The van der Waals surface area contributed by atoms with E-state index in [4.69, 9.17) is 15.0 Å². The van der Waals surface area contributed by atoms with Gasteiger partial charge in [-0.15, -0.1) is 12.4 Å². The van der Waals surface area contributed by atoms with E-state index in [1.54, 1.807) is 6.20 Å². The molecule has 1 atom stereocenters. The zero-order chi connectivity index (χ0) is 25.2. The number of nitrogens with zero attached hydrogens (tertiary/aromatic N) is 6. The van der Waals surface area contributed by atoms with Gasteiger partial charge in [-0.25, -0.2) is 4.98 Å². The van der Waals surface area contributed by atoms with Gasteiger partial charge in [0.1, 0.15) is 5.82 Å². The van der Waals surface area contributed by atoms with E-state index in [2.05, 4.69) is 39.3 Å². The Morgan fingerprint density at radius 3 is 1.88 bits per heavy atom. The first-order valence-electron chi connectivity index (χ1n) is 14.0. The predicted molar refractivity (Wildman–Crippen MR) is 182 cm³/mol. The Balaban J connectivity index is -0.000000422. The number of hydrogen-bond acceptors (Lipinski definition) is 12. The summed E-state index contributed by atoms with van der Waals surface area (Å²) in [7, 11) is 0. The molecule has 2 saturated heterocycles. The molecule has 2 fully saturated rings. The molecule has 2 aromatic heterocycles. The highest BCUT2D eigenvalue weighted by Gasteiger charge is 2.21. The molecule has 2 aliphatic heterocycles. The fourth-order valence-corrected chi connectivity index (χ4v) is 4.94. The van der Waals surface area contributed by atoms with Crippen LogP contribution in [0.4, 0.5) is 29.4 Å². The van der Waals surface area contributed by atoms with Crippen LogP contribution in [0, 0.1) is 5.92 Å². The number of unbranched alkanes of at least 4 members (excludes halogenated alkanes) is 2. The summed E-state index contributed by atoms with van der Waals surface area (Å²) >= 11 is 0. The monoisotopic (exact) mass is 606 g/mol. The van der Waals surface area contributed by atoms with E-state index in [-0.39, 0.29) is 54.5 Å². The smallest absolute Gasteiger partial charge is 0.235 e. The summed E-state index contributed by atoms with van der Waals surface area (Å²) in [5.74, 6) is 2.75. The molecule has 14 N–H and O–H groups in total. The lowest BCUT2D eigenvalue weighted by Crippen LogP contribution is -2.34. The van der Waals surface area contributed by atoms with Crippen molar-refractivity contribution in [1.29, 1.82) is 0 Å². The molecule has 13 nitrogen and oxygen atoms in total. The summed E-state index contributed by atoms with van der Waals surface area (Å²) in [5.41, 5.74) is 0.707. The number of carbonyl (C=O) groups excluding carboxylic acids is 1. The van der Waals surface area contributed by atoms with E-state index in [0.29, 0.717) is 17.5 Å². The van der Waals surface area contributed by atoms with E-state index in [1.807, 2.05) is 12.1 Å². The van der Waals surface area contributed by atoms with E-state index in [0.717, 1.165) is 63.8 Å². The molecule has 14 heteroatoms. The van der Waals surface area contributed by atoms with Gasteiger partial charge in [-0.3, -0.25) is 4.79 Å². The molecule has 0 bridgehead atoms. The van der Waals surface area contributed by atoms with Gasteiger partial charge in [-0.05, 0) is 63.5 Å².